The topological polar surface area (TPSA) is 80.9 Å². The van der Waals surface area contributed by atoms with Gasteiger partial charge in [-0.2, -0.15) is 8.78 Å². The van der Waals surface area contributed by atoms with Crippen LogP contribution in [0.4, 0.5) is 8.78 Å². The van der Waals surface area contributed by atoms with Crippen molar-refractivity contribution in [1.82, 2.24) is 20.5 Å². The van der Waals surface area contributed by atoms with Crippen molar-refractivity contribution in [3.63, 3.8) is 0 Å². The molecule has 8 heteroatoms. The smallest absolute Gasteiger partial charge is 0.314 e. The monoisotopic (exact) mass is 370 g/mol. The first kappa shape index (κ1) is 17.3. The average Bonchev–Trinajstić information content (AvgIpc) is 3.33. The summed E-state index contributed by atoms with van der Waals surface area (Å²) in [5.41, 5.74) is 1.83. The lowest BCUT2D eigenvalue weighted by atomic mass is 9.96. The SMILES string of the molecule is O=C(NCC1(c2ccccc2)CC1)c1ccc(-c2nnc(C(F)F)o2)cn1. The van der Waals surface area contributed by atoms with Crippen LogP contribution in [0.3, 0.4) is 0 Å². The summed E-state index contributed by atoms with van der Waals surface area (Å²) < 4.78 is 29.9. The minimum Gasteiger partial charge on any atom is -0.415 e. The van der Waals surface area contributed by atoms with E-state index in [-0.39, 0.29) is 22.9 Å². The van der Waals surface area contributed by atoms with Crippen molar-refractivity contribution < 1.29 is 18.0 Å². The minimum atomic E-state index is -2.83. The number of carbonyl (C=O) groups excluding carboxylic acids is 1. The molecule has 1 fully saturated rings. The van der Waals surface area contributed by atoms with E-state index in [9.17, 15) is 13.6 Å². The van der Waals surface area contributed by atoms with E-state index >= 15 is 0 Å². The number of hydrogen-bond donors (Lipinski definition) is 1. The number of carbonyl (C=O) groups is 1. The van der Waals surface area contributed by atoms with Crippen LogP contribution in [0.25, 0.3) is 11.5 Å². The molecule has 1 aromatic carbocycles. The van der Waals surface area contributed by atoms with Crippen LogP contribution in [0.1, 0.15) is 41.2 Å². The molecule has 0 spiro atoms. The van der Waals surface area contributed by atoms with Gasteiger partial charge < -0.3 is 9.73 Å². The lowest BCUT2D eigenvalue weighted by Gasteiger charge is -2.16. The number of aromatic nitrogens is 3. The average molecular weight is 370 g/mol. The molecule has 27 heavy (non-hydrogen) atoms. The van der Waals surface area contributed by atoms with Crippen molar-refractivity contribution >= 4 is 5.91 Å². The van der Waals surface area contributed by atoms with Crippen LogP contribution in [0, 0.1) is 0 Å². The van der Waals surface area contributed by atoms with Gasteiger partial charge in [-0.05, 0) is 30.5 Å². The van der Waals surface area contributed by atoms with E-state index in [0.29, 0.717) is 12.1 Å². The maximum absolute atomic E-state index is 12.5. The standard InChI is InChI=1S/C19H16F2N4O2/c20-15(21)18-25-24-17(27-18)12-6-7-14(22-10-12)16(26)23-11-19(8-9-19)13-4-2-1-3-5-13/h1-7,10,15H,8-9,11H2,(H,23,26). The van der Waals surface area contributed by atoms with Gasteiger partial charge in [-0.1, -0.05) is 30.3 Å². The van der Waals surface area contributed by atoms with Crippen molar-refractivity contribution in [3.8, 4) is 11.5 Å². The molecule has 138 valence electrons. The molecule has 0 radical (unpaired) electrons. The first-order chi connectivity index (χ1) is 13.1. The number of alkyl halides is 2. The maximum Gasteiger partial charge on any atom is 0.314 e. The Morgan fingerprint density at radius 1 is 1.15 bits per heavy atom. The zero-order chi connectivity index (χ0) is 18.9. The zero-order valence-corrected chi connectivity index (χ0v) is 14.2. The van der Waals surface area contributed by atoms with Gasteiger partial charge in [0.1, 0.15) is 5.69 Å². The number of rotatable bonds is 6. The zero-order valence-electron chi connectivity index (χ0n) is 14.2. The van der Waals surface area contributed by atoms with Crippen molar-refractivity contribution in [2.75, 3.05) is 6.54 Å². The molecule has 1 amide bonds. The molecule has 0 unspecified atom stereocenters. The Morgan fingerprint density at radius 2 is 1.93 bits per heavy atom. The van der Waals surface area contributed by atoms with Gasteiger partial charge >= 0.3 is 6.43 Å². The van der Waals surface area contributed by atoms with Crippen molar-refractivity contribution in [2.45, 2.75) is 24.7 Å². The number of halogens is 2. The second-order valence-corrected chi connectivity index (χ2v) is 6.51. The number of nitrogens with zero attached hydrogens (tertiary/aromatic N) is 3. The third-order valence-electron chi connectivity index (χ3n) is 4.70. The van der Waals surface area contributed by atoms with Crippen LogP contribution < -0.4 is 5.32 Å². The van der Waals surface area contributed by atoms with Gasteiger partial charge in [0.15, 0.2) is 0 Å². The van der Waals surface area contributed by atoms with Crippen molar-refractivity contribution in [2.24, 2.45) is 0 Å². The lowest BCUT2D eigenvalue weighted by molar-refractivity contribution is 0.0944. The molecule has 6 nitrogen and oxygen atoms in total. The van der Waals surface area contributed by atoms with E-state index in [4.69, 9.17) is 4.42 Å². The third kappa shape index (κ3) is 3.55. The predicted octanol–water partition coefficient (Wildman–Crippen LogP) is 3.53. The molecule has 1 saturated carbocycles. The highest BCUT2D eigenvalue weighted by Gasteiger charge is 2.44. The third-order valence-corrected chi connectivity index (χ3v) is 4.70. The van der Waals surface area contributed by atoms with E-state index in [0.717, 1.165) is 12.8 Å². The highest BCUT2D eigenvalue weighted by atomic mass is 19.3. The Morgan fingerprint density at radius 3 is 2.52 bits per heavy atom. The summed E-state index contributed by atoms with van der Waals surface area (Å²) in [5.74, 6) is -1.10. The molecule has 0 saturated heterocycles. The van der Waals surface area contributed by atoms with Gasteiger partial charge in [-0.25, -0.2) is 0 Å². The molecule has 2 aromatic heterocycles. The molecule has 0 aliphatic heterocycles. The molecular weight excluding hydrogens is 354 g/mol. The Balaban J connectivity index is 1.41. The van der Waals surface area contributed by atoms with Crippen LogP contribution in [0.5, 0.6) is 0 Å². The van der Waals surface area contributed by atoms with Gasteiger partial charge in [0.2, 0.25) is 5.89 Å². The van der Waals surface area contributed by atoms with Gasteiger partial charge in [-0.15, -0.1) is 10.2 Å². The fraction of sp³-hybridized carbons (Fsp3) is 0.263. The first-order valence-corrected chi connectivity index (χ1v) is 8.49. The van der Waals surface area contributed by atoms with E-state index in [1.54, 1.807) is 0 Å². The van der Waals surface area contributed by atoms with Crippen LogP contribution in [-0.2, 0) is 5.41 Å². The Bertz CT molecular complexity index is 938. The van der Waals surface area contributed by atoms with Crippen molar-refractivity contribution in [3.05, 3.63) is 65.8 Å². The summed E-state index contributed by atoms with van der Waals surface area (Å²) in [6, 6.07) is 13.1. The fourth-order valence-electron chi connectivity index (χ4n) is 2.94. The summed E-state index contributed by atoms with van der Waals surface area (Å²) >= 11 is 0. The second kappa shape index (κ2) is 6.86. The number of pyridine rings is 1. The highest BCUT2D eigenvalue weighted by Crippen LogP contribution is 2.47. The summed E-state index contributed by atoms with van der Waals surface area (Å²) in [6.45, 7) is 0.542. The second-order valence-electron chi connectivity index (χ2n) is 6.51. The van der Waals surface area contributed by atoms with Crippen LogP contribution in [-0.4, -0.2) is 27.6 Å². The Kier molecular flexibility index (Phi) is 4.39. The van der Waals surface area contributed by atoms with Gasteiger partial charge in [0, 0.05) is 18.2 Å². The van der Waals surface area contributed by atoms with E-state index in [1.165, 1.54) is 23.9 Å². The number of amides is 1. The molecule has 1 aliphatic rings. The summed E-state index contributed by atoms with van der Waals surface area (Å²) in [5, 5.41) is 9.75. The lowest BCUT2D eigenvalue weighted by Crippen LogP contribution is -2.32. The molecule has 2 heterocycles. The van der Waals surface area contributed by atoms with Crippen molar-refractivity contribution in [1.29, 1.82) is 0 Å². The number of benzene rings is 1. The summed E-state index contributed by atoms with van der Waals surface area (Å²) in [4.78, 5) is 16.4. The predicted molar refractivity (Wildman–Crippen MR) is 92.2 cm³/mol. The number of nitrogens with one attached hydrogen (secondary N) is 1. The van der Waals surface area contributed by atoms with Crippen LogP contribution in [0.2, 0.25) is 0 Å². The molecule has 1 aliphatic carbocycles. The van der Waals surface area contributed by atoms with E-state index in [2.05, 4.69) is 32.6 Å². The van der Waals surface area contributed by atoms with Gasteiger partial charge in [-0.3, -0.25) is 9.78 Å². The van der Waals surface area contributed by atoms with Crippen LogP contribution in [0.15, 0.2) is 53.1 Å². The van der Waals surface area contributed by atoms with E-state index < -0.39 is 12.3 Å². The first-order valence-electron chi connectivity index (χ1n) is 8.49. The molecule has 0 bridgehead atoms. The molecule has 4 rings (SSSR count). The molecule has 3 aromatic rings. The fourth-order valence-corrected chi connectivity index (χ4v) is 2.94. The van der Waals surface area contributed by atoms with Gasteiger partial charge in [0.25, 0.3) is 11.8 Å². The Labute approximate surface area is 153 Å². The highest BCUT2D eigenvalue weighted by molar-refractivity contribution is 5.92. The molecule has 1 N–H and O–H groups in total. The molecule has 0 atom stereocenters. The minimum absolute atomic E-state index is 0.00624. The normalized spacial score (nSPS) is 14.9. The maximum atomic E-state index is 12.5. The summed E-state index contributed by atoms with van der Waals surface area (Å²) in [7, 11) is 0. The van der Waals surface area contributed by atoms with Crippen LogP contribution >= 0.6 is 0 Å². The summed E-state index contributed by atoms with van der Waals surface area (Å²) in [6.07, 6.45) is 0.589. The van der Waals surface area contributed by atoms with E-state index in [1.807, 2.05) is 18.2 Å². The van der Waals surface area contributed by atoms with Gasteiger partial charge in [0.05, 0.1) is 5.56 Å². The molecular formula is C19H16F2N4O2. The number of hydrogen-bond acceptors (Lipinski definition) is 5. The largest absolute Gasteiger partial charge is 0.415 e. The quantitative estimate of drug-likeness (QED) is 0.718. The Hall–Kier alpha value is -3.16.